The number of hydrogen-bond acceptors (Lipinski definition) is 2. The minimum atomic E-state index is -0.0909. The smallest absolute Gasteiger partial charge is 0.321 e. The van der Waals surface area contributed by atoms with Crippen molar-refractivity contribution in [2.24, 2.45) is 11.8 Å². The predicted octanol–water partition coefficient (Wildman–Crippen LogP) is 8.66. The van der Waals surface area contributed by atoms with Crippen molar-refractivity contribution >= 4 is 69.8 Å². The molecule has 0 unspecified atom stereocenters. The first-order chi connectivity index (χ1) is 17.8. The molecule has 4 rings (SSSR count). The van der Waals surface area contributed by atoms with Crippen molar-refractivity contribution in [3.05, 3.63) is 56.5 Å². The van der Waals surface area contributed by atoms with E-state index in [0.717, 1.165) is 51.9 Å². The number of piperidine rings is 2. The molecule has 2 aliphatic rings. The maximum absolute atomic E-state index is 12.6. The topological polar surface area (TPSA) is 64.7 Å². The summed E-state index contributed by atoms with van der Waals surface area (Å²) in [6.07, 6.45) is 7.70. The second-order valence-corrected chi connectivity index (χ2v) is 11.5. The van der Waals surface area contributed by atoms with Crippen molar-refractivity contribution in [1.82, 2.24) is 9.80 Å². The zero-order valence-corrected chi connectivity index (χ0v) is 23.6. The van der Waals surface area contributed by atoms with Gasteiger partial charge in [-0.15, -0.1) is 0 Å². The lowest BCUT2D eigenvalue weighted by atomic mass is 9.87. The Bertz CT molecular complexity index is 1010. The van der Waals surface area contributed by atoms with Crippen LogP contribution in [0.4, 0.5) is 21.0 Å². The third-order valence-corrected chi connectivity index (χ3v) is 8.85. The van der Waals surface area contributed by atoms with E-state index < -0.39 is 0 Å². The zero-order valence-electron chi connectivity index (χ0n) is 20.6. The van der Waals surface area contributed by atoms with Crippen LogP contribution in [0.1, 0.15) is 44.9 Å². The van der Waals surface area contributed by atoms with Gasteiger partial charge in [0.05, 0.1) is 20.1 Å². The van der Waals surface area contributed by atoms with Gasteiger partial charge in [-0.05, 0) is 73.9 Å². The minimum absolute atomic E-state index is 0.0909. The number of carbonyl (C=O) groups excluding carboxylic acids is 2. The van der Waals surface area contributed by atoms with Crippen LogP contribution < -0.4 is 10.6 Å². The lowest BCUT2D eigenvalue weighted by Crippen LogP contribution is -2.41. The Labute approximate surface area is 238 Å². The highest BCUT2D eigenvalue weighted by Crippen LogP contribution is 2.29. The third-order valence-electron chi connectivity index (χ3n) is 7.37. The van der Waals surface area contributed by atoms with Gasteiger partial charge in [-0.1, -0.05) is 65.7 Å². The monoisotopic (exact) mass is 584 g/mol. The quantitative estimate of drug-likeness (QED) is 0.356. The molecule has 2 saturated heterocycles. The Morgan fingerprint density at radius 3 is 1.38 bits per heavy atom. The van der Waals surface area contributed by atoms with Crippen LogP contribution in [0.25, 0.3) is 0 Å². The van der Waals surface area contributed by atoms with Crippen LogP contribution in [0, 0.1) is 11.8 Å². The molecule has 2 heterocycles. The van der Waals surface area contributed by atoms with Crippen LogP contribution in [0.5, 0.6) is 0 Å². The van der Waals surface area contributed by atoms with E-state index >= 15 is 0 Å². The molecule has 0 aromatic heterocycles. The average Bonchev–Trinajstić information content (AvgIpc) is 2.89. The number of rotatable bonds is 6. The van der Waals surface area contributed by atoms with E-state index in [2.05, 4.69) is 10.6 Å². The number of carbonyl (C=O) groups is 2. The zero-order chi connectivity index (χ0) is 26.4. The summed E-state index contributed by atoms with van der Waals surface area (Å²) in [6.45, 7) is 3.07. The molecule has 4 amide bonds. The second kappa shape index (κ2) is 13.3. The molecular weight excluding hydrogens is 554 g/mol. The maximum Gasteiger partial charge on any atom is 0.321 e. The first-order valence-corrected chi connectivity index (χ1v) is 14.3. The fourth-order valence-corrected chi connectivity index (χ4v) is 5.69. The van der Waals surface area contributed by atoms with E-state index in [-0.39, 0.29) is 12.1 Å². The van der Waals surface area contributed by atoms with Crippen molar-refractivity contribution in [2.75, 3.05) is 36.8 Å². The molecule has 0 spiro atoms. The average molecular weight is 586 g/mol. The summed E-state index contributed by atoms with van der Waals surface area (Å²) in [5.74, 6) is 1.32. The number of urea groups is 2. The van der Waals surface area contributed by atoms with Gasteiger partial charge in [0.1, 0.15) is 0 Å². The maximum atomic E-state index is 12.6. The molecule has 0 saturated carbocycles. The molecule has 0 aliphatic carbocycles. The van der Waals surface area contributed by atoms with Gasteiger partial charge in [-0.25, -0.2) is 9.59 Å². The van der Waals surface area contributed by atoms with E-state index in [1.54, 1.807) is 36.4 Å². The first kappa shape index (κ1) is 28.2. The molecule has 37 heavy (non-hydrogen) atoms. The van der Waals surface area contributed by atoms with Crippen LogP contribution >= 0.6 is 46.4 Å². The van der Waals surface area contributed by atoms with Crippen LogP contribution in [0.2, 0.25) is 20.1 Å². The molecular formula is C27H32Cl4N4O2. The molecule has 200 valence electrons. The Morgan fingerprint density at radius 1 is 0.649 bits per heavy atom. The SMILES string of the molecule is O=C(Nc1ccc(Cl)c(Cl)c1)N1CCC(CCCC2CCN(C(=O)Nc3ccc(Cl)c(Cl)c3)CC2)CC1. The molecule has 0 bridgehead atoms. The van der Waals surface area contributed by atoms with Crippen molar-refractivity contribution in [2.45, 2.75) is 44.9 Å². The van der Waals surface area contributed by atoms with Crippen molar-refractivity contribution < 1.29 is 9.59 Å². The van der Waals surface area contributed by atoms with E-state index in [1.807, 2.05) is 9.80 Å². The fraction of sp³-hybridized carbons (Fsp3) is 0.481. The van der Waals surface area contributed by atoms with Crippen LogP contribution in [-0.2, 0) is 0 Å². The van der Waals surface area contributed by atoms with Crippen LogP contribution in [-0.4, -0.2) is 48.0 Å². The van der Waals surface area contributed by atoms with Gasteiger partial charge in [0.2, 0.25) is 0 Å². The number of amides is 4. The Morgan fingerprint density at radius 2 is 1.03 bits per heavy atom. The molecule has 2 aromatic rings. The molecule has 0 atom stereocenters. The highest BCUT2D eigenvalue weighted by Gasteiger charge is 2.25. The third kappa shape index (κ3) is 8.06. The largest absolute Gasteiger partial charge is 0.325 e. The summed E-state index contributed by atoms with van der Waals surface area (Å²) in [4.78, 5) is 28.9. The normalized spacial score (nSPS) is 17.1. The molecule has 10 heteroatoms. The van der Waals surface area contributed by atoms with Crippen LogP contribution in [0.3, 0.4) is 0 Å². The molecule has 2 N–H and O–H groups in total. The van der Waals surface area contributed by atoms with Gasteiger partial charge in [-0.3, -0.25) is 0 Å². The molecule has 0 radical (unpaired) electrons. The first-order valence-electron chi connectivity index (χ1n) is 12.8. The molecule has 2 fully saturated rings. The fourth-order valence-electron chi connectivity index (χ4n) is 5.10. The summed E-state index contributed by atoms with van der Waals surface area (Å²) >= 11 is 24.0. The summed E-state index contributed by atoms with van der Waals surface area (Å²) in [6, 6.07) is 10.0. The second-order valence-electron chi connectivity index (χ2n) is 9.91. The van der Waals surface area contributed by atoms with Crippen molar-refractivity contribution in [3.8, 4) is 0 Å². The Kier molecular flexibility index (Phi) is 10.1. The number of benzene rings is 2. The number of halogens is 4. The summed E-state index contributed by atoms with van der Waals surface area (Å²) in [7, 11) is 0. The molecule has 2 aliphatic heterocycles. The van der Waals surface area contributed by atoms with Gasteiger partial charge in [0, 0.05) is 37.6 Å². The molecule has 6 nitrogen and oxygen atoms in total. The van der Waals surface area contributed by atoms with Gasteiger partial charge in [-0.2, -0.15) is 0 Å². The summed E-state index contributed by atoms with van der Waals surface area (Å²) < 4.78 is 0. The van der Waals surface area contributed by atoms with E-state index in [4.69, 9.17) is 46.4 Å². The minimum Gasteiger partial charge on any atom is -0.325 e. The lowest BCUT2D eigenvalue weighted by Gasteiger charge is -2.33. The highest BCUT2D eigenvalue weighted by atomic mass is 35.5. The Balaban J connectivity index is 1.10. The van der Waals surface area contributed by atoms with E-state index in [9.17, 15) is 9.59 Å². The van der Waals surface area contributed by atoms with Crippen LogP contribution in [0.15, 0.2) is 36.4 Å². The van der Waals surface area contributed by atoms with Gasteiger partial charge >= 0.3 is 12.1 Å². The van der Waals surface area contributed by atoms with E-state index in [0.29, 0.717) is 43.3 Å². The predicted molar refractivity (Wildman–Crippen MR) is 153 cm³/mol. The number of likely N-dealkylation sites (tertiary alicyclic amines) is 2. The number of anilines is 2. The summed E-state index contributed by atoms with van der Waals surface area (Å²) in [5, 5.41) is 7.61. The van der Waals surface area contributed by atoms with Gasteiger partial charge in [0.25, 0.3) is 0 Å². The Hall–Kier alpha value is -1.86. The number of hydrogen-bond donors (Lipinski definition) is 2. The standard InChI is InChI=1S/C27H32Cl4N4O2/c28-22-6-4-20(16-24(22)30)32-26(36)34-12-8-18(9-13-34)2-1-3-19-10-14-35(15-11-19)27(37)33-21-5-7-23(29)25(31)17-21/h4-7,16-19H,1-3,8-15H2,(H,32,36)(H,33,37). The van der Waals surface area contributed by atoms with Crippen molar-refractivity contribution in [1.29, 1.82) is 0 Å². The molecule has 2 aromatic carbocycles. The van der Waals surface area contributed by atoms with E-state index in [1.165, 1.54) is 19.3 Å². The number of nitrogens with zero attached hydrogens (tertiary/aromatic N) is 2. The highest BCUT2D eigenvalue weighted by molar-refractivity contribution is 6.42. The summed E-state index contributed by atoms with van der Waals surface area (Å²) in [5.41, 5.74) is 1.30. The van der Waals surface area contributed by atoms with Gasteiger partial charge < -0.3 is 20.4 Å². The van der Waals surface area contributed by atoms with Crippen molar-refractivity contribution in [3.63, 3.8) is 0 Å². The van der Waals surface area contributed by atoms with Gasteiger partial charge in [0.15, 0.2) is 0 Å². The lowest BCUT2D eigenvalue weighted by molar-refractivity contribution is 0.170. The number of nitrogens with one attached hydrogen (secondary N) is 2.